The molecule has 176 valence electrons. The maximum Gasteiger partial charge on any atom is 0.261 e. The Morgan fingerprint density at radius 3 is 2.66 bits per heavy atom. The number of nitrogens with zero attached hydrogens (tertiary/aromatic N) is 1. The number of halogens is 1. The van der Waals surface area contributed by atoms with E-state index in [1.54, 1.807) is 19.2 Å². The van der Waals surface area contributed by atoms with Crippen molar-refractivity contribution in [3.63, 3.8) is 0 Å². The van der Waals surface area contributed by atoms with Gasteiger partial charge in [-0.1, -0.05) is 64.5 Å². The summed E-state index contributed by atoms with van der Waals surface area (Å²) < 4.78 is 12.1. The molecule has 4 rings (SSSR count). The number of benzene rings is 3. The molecule has 0 unspecified atom stereocenters. The Bertz CT molecular complexity index is 1400. The van der Waals surface area contributed by atoms with Crippen LogP contribution in [0.25, 0.3) is 17.0 Å². The molecule has 0 aliphatic heterocycles. The lowest BCUT2D eigenvalue weighted by molar-refractivity contribution is -0.117. The molecule has 35 heavy (non-hydrogen) atoms. The Hall–Kier alpha value is -4.02. The minimum Gasteiger partial charge on any atom is -0.493 e. The van der Waals surface area contributed by atoms with Crippen molar-refractivity contribution in [1.82, 2.24) is 10.3 Å². The minimum atomic E-state index is -0.428. The molecule has 0 spiro atoms. The summed E-state index contributed by atoms with van der Waals surface area (Å²) in [5.41, 5.74) is 3.84. The van der Waals surface area contributed by atoms with Crippen molar-refractivity contribution < 1.29 is 14.3 Å². The van der Waals surface area contributed by atoms with E-state index in [1.807, 2.05) is 66.9 Å². The fourth-order valence-electron chi connectivity index (χ4n) is 3.72. The zero-order valence-electron chi connectivity index (χ0n) is 19.2. The predicted molar refractivity (Wildman–Crippen MR) is 140 cm³/mol. The first-order valence-corrected chi connectivity index (χ1v) is 11.9. The van der Waals surface area contributed by atoms with Crippen LogP contribution in [0, 0.1) is 11.3 Å². The number of rotatable bonds is 9. The van der Waals surface area contributed by atoms with E-state index in [0.29, 0.717) is 41.1 Å². The predicted octanol–water partition coefficient (Wildman–Crippen LogP) is 5.78. The molecule has 1 heterocycles. The molecule has 0 bridgehead atoms. The molecule has 0 radical (unpaired) electrons. The number of nitrogens with one attached hydrogen (secondary N) is 2. The third kappa shape index (κ3) is 5.92. The van der Waals surface area contributed by atoms with Crippen LogP contribution in [-0.2, 0) is 17.8 Å². The zero-order valence-corrected chi connectivity index (χ0v) is 20.8. The first kappa shape index (κ1) is 24.1. The Balaban J connectivity index is 1.44. The topological polar surface area (TPSA) is 87.1 Å². The zero-order chi connectivity index (χ0) is 24.6. The molecule has 0 saturated heterocycles. The van der Waals surface area contributed by atoms with Gasteiger partial charge in [0, 0.05) is 28.1 Å². The molecule has 0 saturated carbocycles. The van der Waals surface area contributed by atoms with Crippen molar-refractivity contribution in [3.8, 4) is 17.6 Å². The number of H-pyrrole nitrogens is 1. The van der Waals surface area contributed by atoms with Gasteiger partial charge in [-0.15, -0.1) is 0 Å². The highest BCUT2D eigenvalue weighted by Gasteiger charge is 2.14. The summed E-state index contributed by atoms with van der Waals surface area (Å²) in [4.78, 5) is 15.9. The summed E-state index contributed by atoms with van der Waals surface area (Å²) >= 11 is 3.52. The van der Waals surface area contributed by atoms with Crippen molar-refractivity contribution in [1.29, 1.82) is 5.26 Å². The number of methoxy groups -OCH3 is 1. The van der Waals surface area contributed by atoms with E-state index < -0.39 is 5.91 Å². The molecular formula is C28H24BrN3O3. The largest absolute Gasteiger partial charge is 0.493 e. The lowest BCUT2D eigenvalue weighted by Gasteiger charge is -2.13. The number of aromatic nitrogens is 1. The van der Waals surface area contributed by atoms with Gasteiger partial charge < -0.3 is 19.8 Å². The molecule has 6 nitrogen and oxygen atoms in total. The Kier molecular flexibility index (Phi) is 7.86. The van der Waals surface area contributed by atoms with Gasteiger partial charge in [0.25, 0.3) is 5.91 Å². The molecular weight excluding hydrogens is 506 g/mol. The second kappa shape index (κ2) is 11.4. The van der Waals surface area contributed by atoms with E-state index in [2.05, 4.69) is 26.2 Å². The Labute approximate surface area is 212 Å². The van der Waals surface area contributed by atoms with E-state index in [9.17, 15) is 10.1 Å². The van der Waals surface area contributed by atoms with Gasteiger partial charge >= 0.3 is 0 Å². The maximum atomic E-state index is 12.7. The maximum absolute atomic E-state index is 12.7. The highest BCUT2D eigenvalue weighted by Crippen LogP contribution is 2.35. The summed E-state index contributed by atoms with van der Waals surface area (Å²) in [7, 11) is 1.55. The molecule has 4 aromatic rings. The van der Waals surface area contributed by atoms with Crippen LogP contribution in [-0.4, -0.2) is 24.5 Å². The van der Waals surface area contributed by atoms with Crippen molar-refractivity contribution >= 4 is 38.8 Å². The average molecular weight is 530 g/mol. The summed E-state index contributed by atoms with van der Waals surface area (Å²) in [5.74, 6) is 0.636. The summed E-state index contributed by atoms with van der Waals surface area (Å²) in [5, 5.41) is 13.6. The Morgan fingerprint density at radius 1 is 1.11 bits per heavy atom. The second-order valence-corrected chi connectivity index (χ2v) is 8.69. The van der Waals surface area contributed by atoms with Crippen molar-refractivity contribution in [2.45, 2.75) is 13.0 Å². The highest BCUT2D eigenvalue weighted by molar-refractivity contribution is 9.10. The van der Waals surface area contributed by atoms with Gasteiger partial charge in [-0.2, -0.15) is 5.26 Å². The van der Waals surface area contributed by atoms with E-state index in [1.165, 1.54) is 6.08 Å². The monoisotopic (exact) mass is 529 g/mol. The number of hydrogen-bond donors (Lipinski definition) is 2. The van der Waals surface area contributed by atoms with Crippen LogP contribution in [0.2, 0.25) is 0 Å². The van der Waals surface area contributed by atoms with Crippen LogP contribution < -0.4 is 14.8 Å². The number of carbonyl (C=O) groups is 1. The van der Waals surface area contributed by atoms with Crippen LogP contribution in [0.3, 0.4) is 0 Å². The summed E-state index contributed by atoms with van der Waals surface area (Å²) in [6.45, 7) is 0.803. The highest BCUT2D eigenvalue weighted by atomic mass is 79.9. The molecule has 1 amide bonds. The molecule has 0 aliphatic rings. The number of nitriles is 1. The summed E-state index contributed by atoms with van der Waals surface area (Å²) in [6, 6.07) is 23.3. The molecule has 0 atom stereocenters. The van der Waals surface area contributed by atoms with Crippen LogP contribution in [0.15, 0.2) is 83.0 Å². The van der Waals surface area contributed by atoms with Crippen LogP contribution >= 0.6 is 15.9 Å². The molecule has 1 aromatic heterocycles. The minimum absolute atomic E-state index is 0.00429. The fraction of sp³-hybridized carbons (Fsp3) is 0.143. The number of carbonyl (C=O) groups excluding carboxylic acids is 1. The quantitative estimate of drug-likeness (QED) is 0.212. The number of para-hydroxylation sites is 1. The number of ether oxygens (including phenoxy) is 2. The molecule has 7 heteroatoms. The van der Waals surface area contributed by atoms with Crippen molar-refractivity contribution in [2.75, 3.05) is 13.7 Å². The van der Waals surface area contributed by atoms with Gasteiger partial charge in [0.2, 0.25) is 0 Å². The van der Waals surface area contributed by atoms with Crippen LogP contribution in [0.5, 0.6) is 11.5 Å². The number of fused-ring (bicyclic) bond motifs is 1. The van der Waals surface area contributed by atoms with Gasteiger partial charge in [-0.3, -0.25) is 4.79 Å². The number of amides is 1. The lowest BCUT2D eigenvalue weighted by atomic mass is 10.1. The van der Waals surface area contributed by atoms with E-state index in [-0.39, 0.29) is 5.57 Å². The molecule has 0 fully saturated rings. The smallest absolute Gasteiger partial charge is 0.261 e. The number of hydrogen-bond acceptors (Lipinski definition) is 4. The molecule has 2 N–H and O–H groups in total. The third-order valence-corrected chi connectivity index (χ3v) is 6.23. The van der Waals surface area contributed by atoms with E-state index >= 15 is 0 Å². The standard InChI is InChI=1S/C28H24BrN3O3/c1-34-26-14-21(24(29)15-27(26)35-18-19-7-3-2-4-8-19)13-22(16-30)28(33)31-12-11-20-17-32-25-10-6-5-9-23(20)25/h2-10,13-15,17,32H,11-12,18H2,1H3,(H,31,33)/b22-13-. The summed E-state index contributed by atoms with van der Waals surface area (Å²) in [6.07, 6.45) is 4.14. The van der Waals surface area contributed by atoms with Crippen LogP contribution in [0.1, 0.15) is 16.7 Å². The molecule has 0 aliphatic carbocycles. The van der Waals surface area contributed by atoms with Gasteiger partial charge in [0.05, 0.1) is 7.11 Å². The van der Waals surface area contributed by atoms with Gasteiger partial charge in [-0.25, -0.2) is 0 Å². The van der Waals surface area contributed by atoms with Crippen molar-refractivity contribution in [2.24, 2.45) is 0 Å². The fourth-order valence-corrected chi connectivity index (χ4v) is 4.15. The number of aromatic amines is 1. The van der Waals surface area contributed by atoms with Crippen LogP contribution in [0.4, 0.5) is 0 Å². The first-order chi connectivity index (χ1) is 17.1. The molecule has 3 aromatic carbocycles. The third-order valence-electron chi connectivity index (χ3n) is 5.54. The normalized spacial score (nSPS) is 11.2. The SMILES string of the molecule is COc1cc(/C=C(/C#N)C(=O)NCCc2c[nH]c3ccccc23)c(Br)cc1OCc1ccccc1. The van der Waals surface area contributed by atoms with Crippen molar-refractivity contribution in [3.05, 3.63) is 99.7 Å². The van der Waals surface area contributed by atoms with E-state index in [4.69, 9.17) is 9.47 Å². The Morgan fingerprint density at radius 2 is 1.89 bits per heavy atom. The second-order valence-electron chi connectivity index (χ2n) is 7.83. The first-order valence-electron chi connectivity index (χ1n) is 11.1. The lowest BCUT2D eigenvalue weighted by Crippen LogP contribution is -2.26. The van der Waals surface area contributed by atoms with Gasteiger partial charge in [-0.05, 0) is 47.4 Å². The van der Waals surface area contributed by atoms with E-state index in [0.717, 1.165) is 22.0 Å². The average Bonchev–Trinajstić information content (AvgIpc) is 3.30. The van der Waals surface area contributed by atoms with Gasteiger partial charge in [0.15, 0.2) is 11.5 Å². The van der Waals surface area contributed by atoms with Gasteiger partial charge in [0.1, 0.15) is 18.2 Å².